The number of rotatable bonds is 9. The molecule has 0 saturated carbocycles. The predicted octanol–water partition coefficient (Wildman–Crippen LogP) is -1.57. The number of amides is 3. The Labute approximate surface area is 135 Å². The average molecular weight is 330 g/mol. The largest absolute Gasteiger partial charge is 0.480 e. The zero-order valence-electron chi connectivity index (χ0n) is 13.9. The van der Waals surface area contributed by atoms with Crippen LogP contribution in [-0.4, -0.2) is 54.0 Å². The second-order valence-corrected chi connectivity index (χ2v) is 5.89. The minimum atomic E-state index is -1.18. The summed E-state index contributed by atoms with van der Waals surface area (Å²) in [5.41, 5.74) is 5.74. The molecule has 9 nitrogen and oxygen atoms in total. The van der Waals surface area contributed by atoms with Crippen LogP contribution in [0.2, 0.25) is 0 Å². The number of carboxylic acid groups (broad SMARTS) is 1. The van der Waals surface area contributed by atoms with Gasteiger partial charge in [-0.25, -0.2) is 0 Å². The molecule has 0 fully saturated rings. The first-order valence-corrected chi connectivity index (χ1v) is 7.38. The van der Waals surface area contributed by atoms with Crippen molar-refractivity contribution in [3.05, 3.63) is 0 Å². The second-order valence-electron chi connectivity index (χ2n) is 5.89. The first kappa shape index (κ1) is 20.8. The molecule has 2 atom stereocenters. The zero-order valence-corrected chi connectivity index (χ0v) is 13.9. The molecule has 0 saturated heterocycles. The van der Waals surface area contributed by atoms with Crippen LogP contribution < -0.4 is 21.7 Å². The third kappa shape index (κ3) is 8.15. The van der Waals surface area contributed by atoms with Crippen molar-refractivity contribution in [2.75, 3.05) is 13.1 Å². The van der Waals surface area contributed by atoms with Crippen LogP contribution in [-0.2, 0) is 19.2 Å². The van der Waals surface area contributed by atoms with Crippen LogP contribution >= 0.6 is 0 Å². The van der Waals surface area contributed by atoms with E-state index >= 15 is 0 Å². The number of carbonyl (C=O) groups is 4. The number of aliphatic carboxylic acids is 1. The summed E-state index contributed by atoms with van der Waals surface area (Å²) in [7, 11) is 0. The Morgan fingerprint density at radius 1 is 0.913 bits per heavy atom. The maximum absolute atomic E-state index is 12.1. The number of nitrogens with one attached hydrogen (secondary N) is 3. The van der Waals surface area contributed by atoms with Crippen molar-refractivity contribution in [2.24, 2.45) is 17.6 Å². The highest BCUT2D eigenvalue weighted by atomic mass is 16.4. The SMILES string of the molecule is CC(C)[C@H](N)C(=O)N[C@H](C(=O)NCC(=O)NCC(=O)O)C(C)C. The Kier molecular flexibility index (Phi) is 8.86. The summed E-state index contributed by atoms with van der Waals surface area (Å²) in [6.07, 6.45) is 0. The summed E-state index contributed by atoms with van der Waals surface area (Å²) in [4.78, 5) is 45.7. The van der Waals surface area contributed by atoms with Gasteiger partial charge in [0.25, 0.3) is 0 Å². The number of carbonyl (C=O) groups excluding carboxylic acids is 3. The molecular formula is C14H26N4O5. The molecule has 0 aromatic carbocycles. The molecule has 23 heavy (non-hydrogen) atoms. The van der Waals surface area contributed by atoms with Crippen LogP contribution in [0.4, 0.5) is 0 Å². The van der Waals surface area contributed by atoms with Gasteiger partial charge in [0, 0.05) is 0 Å². The average Bonchev–Trinajstić information content (AvgIpc) is 2.46. The van der Waals surface area contributed by atoms with E-state index in [4.69, 9.17) is 10.8 Å². The molecule has 0 unspecified atom stereocenters. The fraction of sp³-hybridized carbons (Fsp3) is 0.714. The molecule has 0 heterocycles. The van der Waals surface area contributed by atoms with Crippen LogP contribution in [0, 0.1) is 11.8 Å². The maximum atomic E-state index is 12.1. The predicted molar refractivity (Wildman–Crippen MR) is 83.2 cm³/mol. The van der Waals surface area contributed by atoms with Gasteiger partial charge in [-0.1, -0.05) is 27.7 Å². The number of hydrogen-bond donors (Lipinski definition) is 5. The van der Waals surface area contributed by atoms with E-state index in [1.165, 1.54) is 0 Å². The summed E-state index contributed by atoms with van der Waals surface area (Å²) < 4.78 is 0. The van der Waals surface area contributed by atoms with Gasteiger partial charge < -0.3 is 26.8 Å². The summed E-state index contributed by atoms with van der Waals surface area (Å²) in [6.45, 7) is 6.18. The lowest BCUT2D eigenvalue weighted by atomic mass is 10.0. The van der Waals surface area contributed by atoms with E-state index in [0.717, 1.165) is 0 Å². The first-order chi connectivity index (χ1) is 10.6. The fourth-order valence-electron chi connectivity index (χ4n) is 1.60. The first-order valence-electron chi connectivity index (χ1n) is 7.38. The summed E-state index contributed by atoms with van der Waals surface area (Å²) in [6, 6.07) is -1.57. The van der Waals surface area contributed by atoms with Crippen molar-refractivity contribution in [1.82, 2.24) is 16.0 Å². The maximum Gasteiger partial charge on any atom is 0.322 e. The lowest BCUT2D eigenvalue weighted by Gasteiger charge is -2.24. The van der Waals surface area contributed by atoms with Crippen LogP contribution in [0.5, 0.6) is 0 Å². The minimum absolute atomic E-state index is 0.0762. The molecule has 0 aromatic rings. The molecule has 0 radical (unpaired) electrons. The van der Waals surface area contributed by atoms with Gasteiger partial charge in [-0.2, -0.15) is 0 Å². The Morgan fingerprint density at radius 3 is 1.91 bits per heavy atom. The van der Waals surface area contributed by atoms with Crippen LogP contribution in [0.1, 0.15) is 27.7 Å². The molecule has 3 amide bonds. The molecule has 0 aliphatic carbocycles. The van der Waals surface area contributed by atoms with E-state index in [0.29, 0.717) is 0 Å². The molecule has 6 N–H and O–H groups in total. The molecule has 0 aliphatic heterocycles. The van der Waals surface area contributed by atoms with E-state index in [1.54, 1.807) is 27.7 Å². The van der Waals surface area contributed by atoms with Crippen LogP contribution in [0.25, 0.3) is 0 Å². The van der Waals surface area contributed by atoms with Gasteiger partial charge in [0.05, 0.1) is 12.6 Å². The van der Waals surface area contributed by atoms with Gasteiger partial charge in [0.15, 0.2) is 0 Å². The highest BCUT2D eigenvalue weighted by Crippen LogP contribution is 2.04. The van der Waals surface area contributed by atoms with Gasteiger partial charge in [-0.05, 0) is 11.8 Å². The Bertz CT molecular complexity index is 450. The molecule has 132 valence electrons. The van der Waals surface area contributed by atoms with E-state index in [1.807, 2.05) is 0 Å². The number of nitrogens with two attached hydrogens (primary N) is 1. The molecule has 9 heteroatoms. The summed E-state index contributed by atoms with van der Waals surface area (Å²) in [5.74, 6) is -3.07. The van der Waals surface area contributed by atoms with E-state index in [-0.39, 0.29) is 18.4 Å². The molecular weight excluding hydrogens is 304 g/mol. The Morgan fingerprint density at radius 2 is 1.48 bits per heavy atom. The lowest BCUT2D eigenvalue weighted by Crippen LogP contribution is -2.55. The molecule has 0 aliphatic rings. The molecule has 0 bridgehead atoms. The fourth-order valence-corrected chi connectivity index (χ4v) is 1.60. The van der Waals surface area contributed by atoms with Crippen molar-refractivity contribution < 1.29 is 24.3 Å². The Balaban J connectivity index is 4.55. The second kappa shape index (κ2) is 9.78. The third-order valence-corrected chi connectivity index (χ3v) is 3.13. The summed E-state index contributed by atoms with van der Waals surface area (Å²) in [5, 5.41) is 15.5. The number of hydrogen-bond acceptors (Lipinski definition) is 5. The molecule has 0 spiro atoms. The summed E-state index contributed by atoms with van der Waals surface area (Å²) >= 11 is 0. The zero-order chi connectivity index (χ0) is 18.2. The van der Waals surface area contributed by atoms with Gasteiger partial charge in [0.2, 0.25) is 17.7 Å². The quantitative estimate of drug-likeness (QED) is 0.344. The normalized spacial score (nSPS) is 13.3. The molecule has 0 rings (SSSR count). The van der Waals surface area contributed by atoms with Crippen molar-refractivity contribution in [3.8, 4) is 0 Å². The number of carboxylic acids is 1. The van der Waals surface area contributed by atoms with Gasteiger partial charge >= 0.3 is 5.97 Å². The smallest absolute Gasteiger partial charge is 0.322 e. The topological polar surface area (TPSA) is 151 Å². The van der Waals surface area contributed by atoms with E-state index < -0.39 is 42.3 Å². The van der Waals surface area contributed by atoms with E-state index in [9.17, 15) is 19.2 Å². The molecule has 0 aromatic heterocycles. The highest BCUT2D eigenvalue weighted by molar-refractivity contribution is 5.92. The lowest BCUT2D eigenvalue weighted by molar-refractivity contribution is -0.138. The van der Waals surface area contributed by atoms with Crippen molar-refractivity contribution in [3.63, 3.8) is 0 Å². The standard InChI is InChI=1S/C14H26N4O5/c1-7(2)11(15)13(22)18-12(8(3)4)14(23)17-5-9(19)16-6-10(20)21/h7-8,11-12H,5-6,15H2,1-4H3,(H,16,19)(H,17,23)(H,18,22)(H,20,21)/t11-,12-/m0/s1. The van der Waals surface area contributed by atoms with Crippen molar-refractivity contribution >= 4 is 23.7 Å². The van der Waals surface area contributed by atoms with Gasteiger partial charge in [-0.15, -0.1) is 0 Å². The van der Waals surface area contributed by atoms with Crippen LogP contribution in [0.3, 0.4) is 0 Å². The van der Waals surface area contributed by atoms with Gasteiger partial charge in [-0.3, -0.25) is 19.2 Å². The Hall–Kier alpha value is -2.16. The monoisotopic (exact) mass is 330 g/mol. The van der Waals surface area contributed by atoms with Crippen molar-refractivity contribution in [1.29, 1.82) is 0 Å². The van der Waals surface area contributed by atoms with Crippen molar-refractivity contribution in [2.45, 2.75) is 39.8 Å². The third-order valence-electron chi connectivity index (χ3n) is 3.13. The van der Waals surface area contributed by atoms with E-state index in [2.05, 4.69) is 16.0 Å². The minimum Gasteiger partial charge on any atom is -0.480 e. The van der Waals surface area contributed by atoms with Gasteiger partial charge in [0.1, 0.15) is 12.6 Å². The highest BCUT2D eigenvalue weighted by Gasteiger charge is 2.27. The van der Waals surface area contributed by atoms with Crippen LogP contribution in [0.15, 0.2) is 0 Å².